The van der Waals surface area contributed by atoms with E-state index in [1.165, 1.54) is 35.2 Å². The van der Waals surface area contributed by atoms with Crippen LogP contribution in [-0.2, 0) is 0 Å². The monoisotopic (exact) mass is 521 g/mol. The SMILES string of the molecule is CN1CCN(CC(C)(C)NC(=O)c2c(C(N)=O)ncn2-c2ccc(NC(=O)c3ccc(F)cc3)cc2)CC1. The number of primary amides is 1. The van der Waals surface area contributed by atoms with Crippen molar-refractivity contribution in [3.05, 3.63) is 77.6 Å². The molecule has 1 fully saturated rings. The van der Waals surface area contributed by atoms with Gasteiger partial charge in [0.2, 0.25) is 0 Å². The maximum atomic E-state index is 13.4. The number of nitrogens with zero attached hydrogens (tertiary/aromatic N) is 4. The van der Waals surface area contributed by atoms with E-state index in [4.69, 9.17) is 5.73 Å². The number of amides is 3. The number of aromatic nitrogens is 2. The van der Waals surface area contributed by atoms with Crippen LogP contribution in [0, 0.1) is 5.82 Å². The molecule has 2 heterocycles. The number of nitrogens with one attached hydrogen (secondary N) is 2. The van der Waals surface area contributed by atoms with Gasteiger partial charge in [-0.3, -0.25) is 23.9 Å². The van der Waals surface area contributed by atoms with Crippen LogP contribution in [-0.4, -0.2) is 82.4 Å². The summed E-state index contributed by atoms with van der Waals surface area (Å²) in [5.74, 6) is -2.10. The molecule has 1 aliphatic heterocycles. The highest BCUT2D eigenvalue weighted by Crippen LogP contribution is 2.20. The first kappa shape index (κ1) is 27.0. The van der Waals surface area contributed by atoms with Crippen molar-refractivity contribution in [1.29, 1.82) is 0 Å². The predicted molar refractivity (Wildman–Crippen MR) is 142 cm³/mol. The zero-order chi connectivity index (χ0) is 27.4. The molecule has 0 atom stereocenters. The van der Waals surface area contributed by atoms with E-state index in [-0.39, 0.29) is 17.3 Å². The van der Waals surface area contributed by atoms with E-state index < -0.39 is 23.2 Å². The summed E-state index contributed by atoms with van der Waals surface area (Å²) in [6.45, 7) is 8.26. The maximum Gasteiger partial charge on any atom is 0.271 e. The summed E-state index contributed by atoms with van der Waals surface area (Å²) in [6, 6.07) is 11.9. The minimum atomic E-state index is -0.811. The van der Waals surface area contributed by atoms with Crippen LogP contribution in [0.4, 0.5) is 10.1 Å². The van der Waals surface area contributed by atoms with Crippen molar-refractivity contribution in [3.63, 3.8) is 0 Å². The Morgan fingerprint density at radius 1 is 0.974 bits per heavy atom. The van der Waals surface area contributed by atoms with Crippen LogP contribution in [0.2, 0.25) is 0 Å². The number of carbonyl (C=O) groups is 3. The van der Waals surface area contributed by atoms with Crippen LogP contribution >= 0.6 is 0 Å². The third kappa shape index (κ3) is 6.42. The van der Waals surface area contributed by atoms with Crippen LogP contribution < -0.4 is 16.4 Å². The molecule has 11 heteroatoms. The van der Waals surface area contributed by atoms with E-state index in [1.807, 2.05) is 13.8 Å². The van der Waals surface area contributed by atoms with Crippen LogP contribution in [0.15, 0.2) is 54.9 Å². The van der Waals surface area contributed by atoms with Gasteiger partial charge in [-0.2, -0.15) is 0 Å². The van der Waals surface area contributed by atoms with Crippen molar-refractivity contribution in [2.45, 2.75) is 19.4 Å². The number of imidazole rings is 1. The zero-order valence-electron chi connectivity index (χ0n) is 21.7. The largest absolute Gasteiger partial charge is 0.364 e. The minimum absolute atomic E-state index is 0.0343. The average Bonchev–Trinajstić information content (AvgIpc) is 3.32. The number of anilines is 1. The highest BCUT2D eigenvalue weighted by molar-refractivity contribution is 6.05. The van der Waals surface area contributed by atoms with Gasteiger partial charge in [0.15, 0.2) is 5.69 Å². The molecule has 1 aromatic heterocycles. The number of hydrogen-bond acceptors (Lipinski definition) is 6. The van der Waals surface area contributed by atoms with Gasteiger partial charge in [-0.1, -0.05) is 0 Å². The van der Waals surface area contributed by atoms with E-state index in [0.29, 0.717) is 23.5 Å². The van der Waals surface area contributed by atoms with Gasteiger partial charge in [-0.25, -0.2) is 9.37 Å². The molecule has 0 spiro atoms. The fourth-order valence-electron chi connectivity index (χ4n) is 4.42. The van der Waals surface area contributed by atoms with Crippen LogP contribution in [0.5, 0.6) is 0 Å². The van der Waals surface area contributed by atoms with Gasteiger partial charge in [0, 0.05) is 55.2 Å². The second-order valence-electron chi connectivity index (χ2n) is 10.1. The molecule has 0 aliphatic carbocycles. The van der Waals surface area contributed by atoms with Crippen LogP contribution in [0.1, 0.15) is 45.2 Å². The first-order valence-electron chi connectivity index (χ1n) is 12.3. The van der Waals surface area contributed by atoms with E-state index in [9.17, 15) is 18.8 Å². The Kier molecular flexibility index (Phi) is 7.88. The molecule has 4 rings (SSSR count). The standard InChI is InChI=1S/C27H32FN7O3/c1-27(2,16-34-14-12-33(3)13-15-34)32-26(38)23-22(24(29)36)30-17-35(23)21-10-8-20(9-11-21)31-25(37)18-4-6-19(28)7-5-18/h4-11,17H,12-16H2,1-3H3,(H2,29,36)(H,31,37)(H,32,38). The van der Waals surface area contributed by atoms with Gasteiger partial charge in [-0.05, 0) is 69.4 Å². The quantitative estimate of drug-likeness (QED) is 0.417. The molecule has 0 unspecified atom stereocenters. The lowest BCUT2D eigenvalue weighted by Gasteiger charge is -2.38. The zero-order valence-corrected chi connectivity index (χ0v) is 21.7. The van der Waals surface area contributed by atoms with Crippen molar-refractivity contribution < 1.29 is 18.8 Å². The Labute approximate surface area is 220 Å². The predicted octanol–water partition coefficient (Wildman–Crippen LogP) is 2.12. The van der Waals surface area contributed by atoms with Crippen molar-refractivity contribution >= 4 is 23.4 Å². The van der Waals surface area contributed by atoms with Gasteiger partial charge in [0.25, 0.3) is 17.7 Å². The summed E-state index contributed by atoms with van der Waals surface area (Å²) >= 11 is 0. The molecule has 4 N–H and O–H groups in total. The molecule has 0 radical (unpaired) electrons. The molecule has 38 heavy (non-hydrogen) atoms. The summed E-state index contributed by atoms with van der Waals surface area (Å²) < 4.78 is 14.6. The van der Waals surface area contributed by atoms with Gasteiger partial charge in [0.05, 0.1) is 0 Å². The molecule has 0 bridgehead atoms. The van der Waals surface area contributed by atoms with Gasteiger partial charge in [-0.15, -0.1) is 0 Å². The third-order valence-corrected chi connectivity index (χ3v) is 6.39. The molecule has 1 aliphatic rings. The third-order valence-electron chi connectivity index (χ3n) is 6.39. The van der Waals surface area contributed by atoms with Gasteiger partial charge >= 0.3 is 0 Å². The molecule has 3 aromatic rings. The highest BCUT2D eigenvalue weighted by atomic mass is 19.1. The second kappa shape index (κ2) is 11.1. The molecule has 3 amide bonds. The number of piperazine rings is 1. The number of hydrogen-bond donors (Lipinski definition) is 3. The van der Waals surface area contributed by atoms with E-state index in [0.717, 1.165) is 26.2 Å². The number of carbonyl (C=O) groups excluding carboxylic acids is 3. The fraction of sp³-hybridized carbons (Fsp3) is 0.333. The van der Waals surface area contributed by atoms with Gasteiger partial charge in [0.1, 0.15) is 17.8 Å². The summed E-state index contributed by atoms with van der Waals surface area (Å²) in [6.07, 6.45) is 1.37. The highest BCUT2D eigenvalue weighted by Gasteiger charge is 2.30. The summed E-state index contributed by atoms with van der Waals surface area (Å²) in [7, 11) is 2.09. The number of nitrogens with two attached hydrogens (primary N) is 1. The first-order valence-corrected chi connectivity index (χ1v) is 12.3. The molecular weight excluding hydrogens is 489 g/mol. The summed E-state index contributed by atoms with van der Waals surface area (Å²) in [5.41, 5.74) is 6.22. The van der Waals surface area contributed by atoms with Crippen molar-refractivity contribution in [2.24, 2.45) is 5.73 Å². The number of rotatable bonds is 8. The minimum Gasteiger partial charge on any atom is -0.364 e. The van der Waals surface area contributed by atoms with Gasteiger partial charge < -0.3 is 21.3 Å². The summed E-state index contributed by atoms with van der Waals surface area (Å²) in [5, 5.41) is 5.78. The average molecular weight is 522 g/mol. The lowest BCUT2D eigenvalue weighted by Crippen LogP contribution is -2.55. The smallest absolute Gasteiger partial charge is 0.271 e. The molecule has 1 saturated heterocycles. The number of halogens is 1. The van der Waals surface area contributed by atoms with E-state index in [1.54, 1.807) is 24.3 Å². The van der Waals surface area contributed by atoms with E-state index in [2.05, 4.69) is 32.5 Å². The Morgan fingerprint density at radius 2 is 1.61 bits per heavy atom. The normalized spacial score (nSPS) is 14.7. The molecule has 10 nitrogen and oxygen atoms in total. The molecule has 200 valence electrons. The first-order chi connectivity index (χ1) is 18.0. The van der Waals surface area contributed by atoms with E-state index >= 15 is 0 Å². The lowest BCUT2D eigenvalue weighted by atomic mass is 10.0. The Balaban J connectivity index is 1.51. The topological polar surface area (TPSA) is 126 Å². The van der Waals surface area contributed by atoms with Crippen LogP contribution in [0.25, 0.3) is 5.69 Å². The van der Waals surface area contributed by atoms with Crippen molar-refractivity contribution in [2.75, 3.05) is 45.1 Å². The lowest BCUT2D eigenvalue weighted by molar-refractivity contribution is 0.0836. The maximum absolute atomic E-state index is 13.4. The van der Waals surface area contributed by atoms with Crippen molar-refractivity contribution in [3.8, 4) is 5.69 Å². The Hall–Kier alpha value is -4.09. The molecular formula is C27H32FN7O3. The molecule has 2 aromatic carbocycles. The number of likely N-dealkylation sites (N-methyl/N-ethyl adjacent to an activating group) is 1. The fourth-order valence-corrected chi connectivity index (χ4v) is 4.42. The number of benzene rings is 2. The van der Waals surface area contributed by atoms with Crippen molar-refractivity contribution in [1.82, 2.24) is 24.7 Å². The van der Waals surface area contributed by atoms with Crippen LogP contribution in [0.3, 0.4) is 0 Å². The summed E-state index contributed by atoms with van der Waals surface area (Å²) in [4.78, 5) is 46.6. The molecule has 0 saturated carbocycles. The Bertz CT molecular complexity index is 1310. The Morgan fingerprint density at radius 3 is 2.21 bits per heavy atom. The second-order valence-corrected chi connectivity index (χ2v) is 10.1.